The van der Waals surface area contributed by atoms with Crippen molar-refractivity contribution >= 4 is 17.4 Å². The molecule has 0 aliphatic heterocycles. The summed E-state index contributed by atoms with van der Waals surface area (Å²) in [5, 5.41) is 0. The minimum atomic E-state index is 0.443. The van der Waals surface area contributed by atoms with Crippen molar-refractivity contribution in [2.24, 2.45) is 0 Å². The molecule has 2 N–H and O–H groups in total. The highest BCUT2D eigenvalue weighted by atomic mass is 32.2. The molecule has 96 valence electrons. The van der Waals surface area contributed by atoms with Gasteiger partial charge < -0.3 is 10.3 Å². The van der Waals surface area contributed by atoms with Crippen LogP contribution in [0.4, 0.5) is 5.69 Å². The molecular weight excluding hydrogens is 242 g/mol. The van der Waals surface area contributed by atoms with Gasteiger partial charge in [-0.05, 0) is 38.5 Å². The lowest BCUT2D eigenvalue weighted by Crippen LogP contribution is -2.03. The van der Waals surface area contributed by atoms with E-state index < -0.39 is 0 Å². The number of anilines is 1. The van der Waals surface area contributed by atoms with Gasteiger partial charge in [-0.2, -0.15) is 0 Å². The third kappa shape index (κ3) is 2.88. The molecule has 1 aromatic carbocycles. The Hall–Kier alpha value is -1.42. The Bertz CT molecular complexity index is 532. The molecule has 1 aromatic heterocycles. The lowest BCUT2D eigenvalue weighted by atomic mass is 10.2. The summed E-state index contributed by atoms with van der Waals surface area (Å²) < 4.78 is 2.19. The maximum Gasteiger partial charge on any atom is 0.0950 e. The highest BCUT2D eigenvalue weighted by Crippen LogP contribution is 2.29. The average Bonchev–Trinajstić information content (AvgIpc) is 2.79. The van der Waals surface area contributed by atoms with Crippen LogP contribution in [0.25, 0.3) is 0 Å². The van der Waals surface area contributed by atoms with E-state index in [1.165, 1.54) is 11.3 Å². The van der Waals surface area contributed by atoms with Crippen LogP contribution in [-0.2, 0) is 5.75 Å². The molecule has 0 bridgehead atoms. The Labute approximate surface area is 112 Å². The van der Waals surface area contributed by atoms with Gasteiger partial charge >= 0.3 is 0 Å². The number of aromatic nitrogens is 2. The van der Waals surface area contributed by atoms with Crippen molar-refractivity contribution in [2.45, 2.75) is 37.5 Å². The molecule has 0 fully saturated rings. The second kappa shape index (κ2) is 5.48. The Morgan fingerprint density at radius 1 is 1.39 bits per heavy atom. The first kappa shape index (κ1) is 13.0. The molecule has 18 heavy (non-hydrogen) atoms. The van der Waals surface area contributed by atoms with Gasteiger partial charge in [-0.1, -0.05) is 6.07 Å². The zero-order valence-corrected chi connectivity index (χ0v) is 11.9. The second-order valence-corrected chi connectivity index (χ2v) is 5.73. The molecule has 0 saturated heterocycles. The van der Waals surface area contributed by atoms with Crippen molar-refractivity contribution in [1.82, 2.24) is 9.55 Å². The lowest BCUT2D eigenvalue weighted by Gasteiger charge is -2.12. The summed E-state index contributed by atoms with van der Waals surface area (Å²) in [5.74, 6) is 0.895. The average molecular weight is 261 g/mol. The van der Waals surface area contributed by atoms with E-state index in [0.29, 0.717) is 6.04 Å². The first-order chi connectivity index (χ1) is 8.58. The monoisotopic (exact) mass is 261 g/mol. The van der Waals surface area contributed by atoms with E-state index in [-0.39, 0.29) is 0 Å². The third-order valence-electron chi connectivity index (χ3n) is 2.85. The Morgan fingerprint density at radius 2 is 2.17 bits per heavy atom. The number of aryl methyl sites for hydroxylation is 1. The van der Waals surface area contributed by atoms with Crippen molar-refractivity contribution in [3.8, 4) is 0 Å². The van der Waals surface area contributed by atoms with Crippen LogP contribution in [0.3, 0.4) is 0 Å². The highest BCUT2D eigenvalue weighted by Gasteiger charge is 2.07. The van der Waals surface area contributed by atoms with Crippen molar-refractivity contribution in [2.75, 3.05) is 5.73 Å². The largest absolute Gasteiger partial charge is 0.398 e. The SMILES string of the molecule is Cc1ccc(N)c(SCc2cncn2C(C)C)c1. The van der Waals surface area contributed by atoms with Gasteiger partial charge in [0.05, 0.1) is 6.33 Å². The van der Waals surface area contributed by atoms with Crippen LogP contribution >= 0.6 is 11.8 Å². The predicted octanol–water partition coefficient (Wildman–Crippen LogP) is 3.65. The molecule has 0 saturated carbocycles. The molecule has 0 aliphatic carbocycles. The van der Waals surface area contributed by atoms with E-state index in [0.717, 1.165) is 16.3 Å². The molecule has 3 nitrogen and oxygen atoms in total. The second-order valence-electron chi connectivity index (χ2n) is 4.72. The van der Waals surface area contributed by atoms with Crippen molar-refractivity contribution in [3.05, 3.63) is 42.0 Å². The first-order valence-corrected chi connectivity index (χ1v) is 7.06. The fraction of sp³-hybridized carbons (Fsp3) is 0.357. The van der Waals surface area contributed by atoms with Crippen molar-refractivity contribution in [1.29, 1.82) is 0 Å². The number of rotatable bonds is 4. The number of hydrogen-bond acceptors (Lipinski definition) is 3. The summed E-state index contributed by atoms with van der Waals surface area (Å²) in [4.78, 5) is 5.36. The molecule has 0 aliphatic rings. The molecule has 0 radical (unpaired) electrons. The first-order valence-electron chi connectivity index (χ1n) is 6.07. The zero-order valence-electron chi connectivity index (χ0n) is 11.1. The Kier molecular flexibility index (Phi) is 3.97. The van der Waals surface area contributed by atoms with Crippen LogP contribution < -0.4 is 5.73 Å². The van der Waals surface area contributed by atoms with Gasteiger partial charge in [0.15, 0.2) is 0 Å². The normalized spacial score (nSPS) is 11.1. The maximum absolute atomic E-state index is 5.98. The minimum Gasteiger partial charge on any atom is -0.398 e. The van der Waals surface area contributed by atoms with Gasteiger partial charge in [-0.15, -0.1) is 11.8 Å². The smallest absolute Gasteiger partial charge is 0.0950 e. The van der Waals surface area contributed by atoms with Crippen LogP contribution in [-0.4, -0.2) is 9.55 Å². The van der Waals surface area contributed by atoms with Gasteiger partial charge in [-0.3, -0.25) is 0 Å². The van der Waals surface area contributed by atoms with Crippen LogP contribution in [0.5, 0.6) is 0 Å². The summed E-state index contributed by atoms with van der Waals surface area (Å²) in [6.07, 6.45) is 3.82. The minimum absolute atomic E-state index is 0.443. The van der Waals surface area contributed by atoms with E-state index in [9.17, 15) is 0 Å². The maximum atomic E-state index is 5.98. The highest BCUT2D eigenvalue weighted by molar-refractivity contribution is 7.98. The lowest BCUT2D eigenvalue weighted by molar-refractivity contribution is 0.584. The third-order valence-corrected chi connectivity index (χ3v) is 3.95. The van der Waals surface area contributed by atoms with E-state index in [2.05, 4.69) is 36.4 Å². The molecule has 0 unspecified atom stereocenters. The quantitative estimate of drug-likeness (QED) is 0.675. The molecule has 0 atom stereocenters. The number of nitrogens with zero attached hydrogens (tertiary/aromatic N) is 2. The van der Waals surface area contributed by atoms with Gasteiger partial charge in [0.25, 0.3) is 0 Å². The number of imidazole rings is 1. The van der Waals surface area contributed by atoms with Gasteiger partial charge in [-0.25, -0.2) is 4.98 Å². The Balaban J connectivity index is 2.11. The zero-order chi connectivity index (χ0) is 13.1. The predicted molar refractivity (Wildman–Crippen MR) is 77.8 cm³/mol. The molecular formula is C14H19N3S. The van der Waals surface area contributed by atoms with Crippen LogP contribution in [0.15, 0.2) is 35.6 Å². The fourth-order valence-electron chi connectivity index (χ4n) is 1.83. The summed E-state index contributed by atoms with van der Waals surface area (Å²) in [7, 11) is 0. The number of nitrogen functional groups attached to an aromatic ring is 1. The van der Waals surface area contributed by atoms with E-state index >= 15 is 0 Å². The van der Waals surface area contributed by atoms with Gasteiger partial charge in [0, 0.05) is 34.3 Å². The van der Waals surface area contributed by atoms with Gasteiger partial charge in [0.2, 0.25) is 0 Å². The summed E-state index contributed by atoms with van der Waals surface area (Å²) >= 11 is 1.76. The molecule has 2 rings (SSSR count). The van der Waals surface area contributed by atoms with Crippen LogP contribution in [0.1, 0.15) is 31.1 Å². The van der Waals surface area contributed by atoms with Crippen LogP contribution in [0, 0.1) is 6.92 Å². The summed E-state index contributed by atoms with van der Waals surface area (Å²) in [6, 6.07) is 6.59. The van der Waals surface area contributed by atoms with Crippen molar-refractivity contribution in [3.63, 3.8) is 0 Å². The van der Waals surface area contributed by atoms with Gasteiger partial charge in [0.1, 0.15) is 0 Å². The number of nitrogens with two attached hydrogens (primary N) is 1. The topological polar surface area (TPSA) is 43.8 Å². The van der Waals surface area contributed by atoms with E-state index in [1.807, 2.05) is 24.7 Å². The summed E-state index contributed by atoms with van der Waals surface area (Å²) in [6.45, 7) is 6.41. The fourth-order valence-corrected chi connectivity index (χ4v) is 2.86. The van der Waals surface area contributed by atoms with E-state index in [1.54, 1.807) is 11.8 Å². The number of hydrogen-bond donors (Lipinski definition) is 1. The standard InChI is InChI=1S/C14H19N3S/c1-10(2)17-9-16-7-12(17)8-18-14-6-11(3)4-5-13(14)15/h4-7,9-10H,8,15H2,1-3H3. The molecule has 1 heterocycles. The number of benzene rings is 1. The molecule has 0 spiro atoms. The van der Waals surface area contributed by atoms with Crippen LogP contribution in [0.2, 0.25) is 0 Å². The molecule has 2 aromatic rings. The molecule has 4 heteroatoms. The Morgan fingerprint density at radius 3 is 2.89 bits per heavy atom. The number of thioether (sulfide) groups is 1. The molecule has 0 amide bonds. The summed E-state index contributed by atoms with van der Waals surface area (Å²) in [5.41, 5.74) is 9.30. The van der Waals surface area contributed by atoms with Crippen molar-refractivity contribution < 1.29 is 0 Å². The van der Waals surface area contributed by atoms with E-state index in [4.69, 9.17) is 5.73 Å².